The molecule has 0 aromatic rings. The number of hydrogen-bond acceptors (Lipinski definition) is 4. The van der Waals surface area contributed by atoms with Gasteiger partial charge in [0.05, 0.1) is 13.2 Å². The van der Waals surface area contributed by atoms with E-state index in [1.165, 1.54) is 0 Å². The Balaban J connectivity index is 3.23. The van der Waals surface area contributed by atoms with E-state index in [0.717, 1.165) is 19.6 Å². The molecule has 0 heterocycles. The molecule has 5 heteroatoms. The third kappa shape index (κ3) is 9.65. The van der Waals surface area contributed by atoms with Crippen LogP contribution < -0.4 is 10.6 Å². The molecule has 15 heavy (non-hydrogen) atoms. The fourth-order valence-corrected chi connectivity index (χ4v) is 0.985. The molecule has 0 aliphatic rings. The molecule has 0 radical (unpaired) electrons. The molecule has 0 unspecified atom stereocenters. The molecule has 0 aliphatic carbocycles. The number of rotatable bonds is 9. The molecule has 0 aromatic carbocycles. The number of hydrogen-bond donors (Lipinski definition) is 2. The number of methoxy groups -OCH3 is 1. The van der Waals surface area contributed by atoms with Crippen LogP contribution in [0.5, 0.6) is 0 Å². The van der Waals surface area contributed by atoms with Crippen LogP contribution in [0.2, 0.25) is 0 Å². The second-order valence-electron chi connectivity index (χ2n) is 3.42. The van der Waals surface area contributed by atoms with Crippen molar-refractivity contribution in [3.05, 3.63) is 0 Å². The summed E-state index contributed by atoms with van der Waals surface area (Å²) in [6.07, 6.45) is 0. The van der Waals surface area contributed by atoms with Crippen molar-refractivity contribution in [1.82, 2.24) is 15.5 Å². The van der Waals surface area contributed by atoms with Crippen molar-refractivity contribution >= 4 is 5.91 Å². The second kappa shape index (κ2) is 9.89. The van der Waals surface area contributed by atoms with Gasteiger partial charge in [0.1, 0.15) is 0 Å². The van der Waals surface area contributed by atoms with E-state index in [9.17, 15) is 4.79 Å². The van der Waals surface area contributed by atoms with Gasteiger partial charge in [-0.25, -0.2) is 0 Å². The molecule has 0 rings (SSSR count). The minimum absolute atomic E-state index is 0.0196. The summed E-state index contributed by atoms with van der Waals surface area (Å²) < 4.78 is 4.82. The van der Waals surface area contributed by atoms with Crippen LogP contribution in [0.4, 0.5) is 0 Å². The van der Waals surface area contributed by atoms with Crippen LogP contribution in [-0.2, 0) is 9.53 Å². The summed E-state index contributed by atoms with van der Waals surface area (Å²) in [5.41, 5.74) is 0. The van der Waals surface area contributed by atoms with Crippen molar-refractivity contribution in [3.8, 4) is 0 Å². The van der Waals surface area contributed by atoms with Crippen molar-refractivity contribution in [3.63, 3.8) is 0 Å². The molecular formula is C10H23N3O2. The highest BCUT2D eigenvalue weighted by molar-refractivity contribution is 5.77. The zero-order valence-electron chi connectivity index (χ0n) is 10.0. The highest BCUT2D eigenvalue weighted by atomic mass is 16.5. The van der Waals surface area contributed by atoms with E-state index in [-0.39, 0.29) is 5.91 Å². The molecule has 0 spiro atoms. The molecule has 2 N–H and O–H groups in total. The van der Waals surface area contributed by atoms with E-state index in [1.807, 2.05) is 0 Å². The highest BCUT2D eigenvalue weighted by Crippen LogP contribution is 1.77. The summed E-state index contributed by atoms with van der Waals surface area (Å²) in [4.78, 5) is 13.4. The lowest BCUT2D eigenvalue weighted by molar-refractivity contribution is -0.120. The summed E-state index contributed by atoms with van der Waals surface area (Å²) in [5.74, 6) is 0.0196. The Morgan fingerprint density at radius 2 is 2.13 bits per heavy atom. The Morgan fingerprint density at radius 1 is 1.40 bits per heavy atom. The van der Waals surface area contributed by atoms with Crippen LogP contribution >= 0.6 is 0 Å². The topological polar surface area (TPSA) is 53.6 Å². The van der Waals surface area contributed by atoms with Crippen molar-refractivity contribution in [2.75, 3.05) is 53.5 Å². The van der Waals surface area contributed by atoms with Gasteiger partial charge in [0, 0.05) is 26.7 Å². The molecule has 0 aromatic heterocycles. The average molecular weight is 217 g/mol. The van der Waals surface area contributed by atoms with Crippen LogP contribution in [0.3, 0.4) is 0 Å². The van der Waals surface area contributed by atoms with Crippen molar-refractivity contribution < 1.29 is 9.53 Å². The quantitative estimate of drug-likeness (QED) is 0.501. The predicted molar refractivity (Wildman–Crippen MR) is 60.9 cm³/mol. The average Bonchev–Trinajstić information content (AvgIpc) is 2.24. The molecule has 90 valence electrons. The number of nitrogens with one attached hydrogen (secondary N) is 2. The van der Waals surface area contributed by atoms with Crippen LogP contribution in [0, 0.1) is 0 Å². The first-order valence-electron chi connectivity index (χ1n) is 5.35. The first-order chi connectivity index (χ1) is 7.20. The van der Waals surface area contributed by atoms with Crippen molar-refractivity contribution in [2.45, 2.75) is 6.92 Å². The van der Waals surface area contributed by atoms with E-state index in [4.69, 9.17) is 4.74 Å². The lowest BCUT2D eigenvalue weighted by Gasteiger charge is -2.13. The van der Waals surface area contributed by atoms with Crippen LogP contribution in [0.25, 0.3) is 0 Å². The highest BCUT2D eigenvalue weighted by Gasteiger charge is 1.99. The Kier molecular flexibility index (Phi) is 9.46. The first-order valence-corrected chi connectivity index (χ1v) is 5.35. The third-order valence-electron chi connectivity index (χ3n) is 2.12. The number of ether oxygens (including phenoxy) is 1. The Morgan fingerprint density at radius 3 is 2.73 bits per heavy atom. The van der Waals surface area contributed by atoms with Crippen LogP contribution in [0.1, 0.15) is 6.92 Å². The molecule has 0 atom stereocenters. The zero-order chi connectivity index (χ0) is 11.5. The largest absolute Gasteiger partial charge is 0.383 e. The number of likely N-dealkylation sites (N-methyl/N-ethyl adjacent to an activating group) is 1. The zero-order valence-corrected chi connectivity index (χ0v) is 10.0. The number of carbonyl (C=O) groups is 1. The molecule has 0 aliphatic heterocycles. The van der Waals surface area contributed by atoms with Gasteiger partial charge in [0.15, 0.2) is 0 Å². The van der Waals surface area contributed by atoms with Gasteiger partial charge in [-0.2, -0.15) is 0 Å². The van der Waals surface area contributed by atoms with Gasteiger partial charge in [0.2, 0.25) is 5.91 Å². The van der Waals surface area contributed by atoms with E-state index in [1.54, 1.807) is 7.11 Å². The lowest BCUT2D eigenvalue weighted by atomic mass is 10.5. The van der Waals surface area contributed by atoms with E-state index >= 15 is 0 Å². The van der Waals surface area contributed by atoms with E-state index < -0.39 is 0 Å². The molecule has 0 saturated heterocycles. The van der Waals surface area contributed by atoms with Gasteiger partial charge in [-0.15, -0.1) is 0 Å². The maximum Gasteiger partial charge on any atom is 0.234 e. The van der Waals surface area contributed by atoms with E-state index in [2.05, 4.69) is 29.5 Å². The normalized spacial score (nSPS) is 10.7. The standard InChI is InChI=1S/C10H23N3O2/c1-4-13(2)7-5-11-9-10(14)12-6-8-15-3/h11H,4-9H2,1-3H3,(H,12,14). The molecule has 1 amide bonds. The van der Waals surface area contributed by atoms with Crippen LogP contribution in [0.15, 0.2) is 0 Å². The second-order valence-corrected chi connectivity index (χ2v) is 3.42. The minimum Gasteiger partial charge on any atom is -0.383 e. The summed E-state index contributed by atoms with van der Waals surface area (Å²) in [7, 11) is 3.67. The Hall–Kier alpha value is -0.650. The van der Waals surface area contributed by atoms with Crippen molar-refractivity contribution in [2.24, 2.45) is 0 Å². The van der Waals surface area contributed by atoms with Gasteiger partial charge >= 0.3 is 0 Å². The molecule has 0 saturated carbocycles. The number of amides is 1. The smallest absolute Gasteiger partial charge is 0.234 e. The van der Waals surface area contributed by atoms with E-state index in [0.29, 0.717) is 19.7 Å². The van der Waals surface area contributed by atoms with Gasteiger partial charge < -0.3 is 20.3 Å². The van der Waals surface area contributed by atoms with Gasteiger partial charge in [-0.1, -0.05) is 6.92 Å². The SMILES string of the molecule is CCN(C)CCNCC(=O)NCCOC. The number of nitrogens with zero attached hydrogens (tertiary/aromatic N) is 1. The number of carbonyl (C=O) groups excluding carboxylic acids is 1. The Labute approximate surface area is 92.2 Å². The maximum atomic E-state index is 11.2. The van der Waals surface area contributed by atoms with Crippen molar-refractivity contribution in [1.29, 1.82) is 0 Å². The monoisotopic (exact) mass is 217 g/mol. The fraction of sp³-hybridized carbons (Fsp3) is 0.900. The predicted octanol–water partition coefficient (Wildman–Crippen LogP) is -0.710. The summed E-state index contributed by atoms with van der Waals surface area (Å²) >= 11 is 0. The summed E-state index contributed by atoms with van der Waals surface area (Å²) in [6.45, 7) is 6.44. The molecular weight excluding hydrogens is 194 g/mol. The lowest BCUT2D eigenvalue weighted by Crippen LogP contribution is -2.38. The maximum absolute atomic E-state index is 11.2. The molecule has 0 fully saturated rings. The summed E-state index contributed by atoms with van der Waals surface area (Å²) in [6, 6.07) is 0. The fourth-order valence-electron chi connectivity index (χ4n) is 0.985. The Bertz CT molecular complexity index is 165. The third-order valence-corrected chi connectivity index (χ3v) is 2.12. The minimum atomic E-state index is 0.0196. The van der Waals surface area contributed by atoms with Gasteiger partial charge in [-0.05, 0) is 13.6 Å². The van der Waals surface area contributed by atoms with Crippen LogP contribution in [-0.4, -0.2) is 64.3 Å². The van der Waals surface area contributed by atoms with Gasteiger partial charge in [-0.3, -0.25) is 4.79 Å². The first kappa shape index (κ1) is 14.3. The van der Waals surface area contributed by atoms with Gasteiger partial charge in [0.25, 0.3) is 0 Å². The molecule has 0 bridgehead atoms. The molecule has 5 nitrogen and oxygen atoms in total. The summed E-state index contributed by atoms with van der Waals surface area (Å²) in [5, 5.41) is 5.83.